The molecule has 1 aromatic heterocycles. The fourth-order valence-electron chi connectivity index (χ4n) is 5.09. The number of carbonyl (C=O) groups excluding carboxylic acids is 1. The lowest BCUT2D eigenvalue weighted by Crippen LogP contribution is -2.32. The Bertz CT molecular complexity index is 930. The molecule has 0 saturated heterocycles. The van der Waals surface area contributed by atoms with E-state index in [2.05, 4.69) is 69.1 Å². The second kappa shape index (κ2) is 6.47. The number of rotatable bonds is 3. The Balaban J connectivity index is 1.98. The first-order chi connectivity index (χ1) is 12.8. The van der Waals surface area contributed by atoms with E-state index in [1.807, 2.05) is 0 Å². The van der Waals surface area contributed by atoms with Crippen molar-refractivity contribution in [3.8, 4) is 0 Å². The van der Waals surface area contributed by atoms with Crippen molar-refractivity contribution in [2.75, 3.05) is 0 Å². The number of aryl methyl sites for hydroxylation is 1. The monoisotopic (exact) mass is 362 g/mol. The fraction of sp³-hybridized carbons (Fsp3) is 0.500. The first-order valence-corrected chi connectivity index (χ1v) is 10.2. The lowest BCUT2D eigenvalue weighted by Gasteiger charge is -2.38. The number of benzene rings is 1. The zero-order valence-corrected chi connectivity index (χ0v) is 17.1. The van der Waals surface area contributed by atoms with E-state index in [4.69, 9.17) is 0 Å². The summed E-state index contributed by atoms with van der Waals surface area (Å²) in [6.45, 7) is 11.0. The van der Waals surface area contributed by atoms with Gasteiger partial charge in [0, 0.05) is 35.6 Å². The Labute approximate surface area is 162 Å². The molecule has 1 atom stereocenters. The van der Waals surface area contributed by atoms with Gasteiger partial charge in [-0.05, 0) is 35.3 Å². The number of nitrogens with one attached hydrogen (secondary N) is 1. The molecule has 0 fully saturated rings. The van der Waals surface area contributed by atoms with Gasteiger partial charge in [-0.25, -0.2) is 0 Å². The summed E-state index contributed by atoms with van der Waals surface area (Å²) >= 11 is 0. The van der Waals surface area contributed by atoms with Crippen LogP contribution in [-0.2, 0) is 17.6 Å². The largest absolute Gasteiger partial charge is 0.294 e. The summed E-state index contributed by atoms with van der Waals surface area (Å²) < 4.78 is 0. The number of carbonyl (C=O) groups is 1. The molecule has 27 heavy (non-hydrogen) atoms. The van der Waals surface area contributed by atoms with Crippen molar-refractivity contribution in [2.45, 2.75) is 72.1 Å². The molecule has 2 aliphatic carbocycles. The van der Waals surface area contributed by atoms with Crippen molar-refractivity contribution in [3.05, 3.63) is 63.5 Å². The minimum atomic E-state index is 0.0275. The van der Waals surface area contributed by atoms with Crippen molar-refractivity contribution in [1.82, 2.24) is 10.2 Å². The maximum atomic E-state index is 13.4. The number of aromatic amines is 1. The van der Waals surface area contributed by atoms with Crippen molar-refractivity contribution in [2.24, 2.45) is 5.41 Å². The number of H-pyrrole nitrogens is 1. The maximum absolute atomic E-state index is 13.4. The molecule has 0 amide bonds. The highest BCUT2D eigenvalue weighted by Gasteiger charge is 2.42. The van der Waals surface area contributed by atoms with E-state index >= 15 is 0 Å². The molecule has 1 N–H and O–H groups in total. The van der Waals surface area contributed by atoms with Gasteiger partial charge in [-0.3, -0.25) is 9.89 Å². The molecule has 0 spiro atoms. The van der Waals surface area contributed by atoms with Crippen LogP contribution in [0.25, 0.3) is 0 Å². The summed E-state index contributed by atoms with van der Waals surface area (Å²) in [4.78, 5) is 13.4. The van der Waals surface area contributed by atoms with E-state index in [-0.39, 0.29) is 11.3 Å². The third-order valence-corrected chi connectivity index (χ3v) is 6.19. The number of fused-ring (bicyclic) bond motifs is 1. The van der Waals surface area contributed by atoms with Gasteiger partial charge in [0.15, 0.2) is 5.78 Å². The van der Waals surface area contributed by atoms with Crippen molar-refractivity contribution >= 4 is 5.78 Å². The molecule has 3 nitrogen and oxygen atoms in total. The molecular weight excluding hydrogens is 332 g/mol. The van der Waals surface area contributed by atoms with E-state index in [1.54, 1.807) is 0 Å². The van der Waals surface area contributed by atoms with Gasteiger partial charge in [-0.1, -0.05) is 64.5 Å². The van der Waals surface area contributed by atoms with Crippen LogP contribution in [0.5, 0.6) is 0 Å². The summed E-state index contributed by atoms with van der Waals surface area (Å²) in [5, 5.41) is 8.01. The van der Waals surface area contributed by atoms with Crippen LogP contribution in [0.15, 0.2) is 35.4 Å². The molecule has 0 unspecified atom stereocenters. The second-order valence-electron chi connectivity index (χ2n) is 9.28. The van der Waals surface area contributed by atoms with Crippen molar-refractivity contribution < 1.29 is 4.79 Å². The SMILES string of the molecule is CCc1ccccc1[C@H]1C2=C(Cc3[nH]nc(C(C)C)c31)CC(C)(C)CC2=O. The van der Waals surface area contributed by atoms with Gasteiger partial charge < -0.3 is 0 Å². The summed E-state index contributed by atoms with van der Waals surface area (Å²) in [6, 6.07) is 8.63. The Morgan fingerprint density at radius 1 is 1.22 bits per heavy atom. The topological polar surface area (TPSA) is 45.8 Å². The molecule has 0 aliphatic heterocycles. The lowest BCUT2D eigenvalue weighted by atomic mass is 9.64. The Kier molecular flexibility index (Phi) is 4.37. The van der Waals surface area contributed by atoms with Crippen LogP contribution in [-0.4, -0.2) is 16.0 Å². The second-order valence-corrected chi connectivity index (χ2v) is 9.28. The Morgan fingerprint density at radius 2 is 1.96 bits per heavy atom. The van der Waals surface area contributed by atoms with Gasteiger partial charge >= 0.3 is 0 Å². The van der Waals surface area contributed by atoms with Crippen molar-refractivity contribution in [1.29, 1.82) is 0 Å². The molecule has 0 radical (unpaired) electrons. The van der Waals surface area contributed by atoms with Gasteiger partial charge in [0.05, 0.1) is 5.69 Å². The molecule has 3 heteroatoms. The normalized spacial score (nSPS) is 21.4. The summed E-state index contributed by atoms with van der Waals surface area (Å²) in [5.74, 6) is 0.692. The summed E-state index contributed by atoms with van der Waals surface area (Å²) in [7, 11) is 0. The summed E-state index contributed by atoms with van der Waals surface area (Å²) in [6.07, 6.45) is 3.44. The van der Waals surface area contributed by atoms with E-state index < -0.39 is 0 Å². The van der Waals surface area contributed by atoms with E-state index in [9.17, 15) is 4.79 Å². The molecule has 2 aliphatic rings. The maximum Gasteiger partial charge on any atom is 0.160 e. The average Bonchev–Trinajstić information content (AvgIpc) is 3.02. The van der Waals surface area contributed by atoms with Gasteiger partial charge in [0.1, 0.15) is 0 Å². The highest BCUT2D eigenvalue weighted by Crippen LogP contribution is 2.50. The number of nitrogens with zero attached hydrogens (tertiary/aromatic N) is 1. The van der Waals surface area contributed by atoms with Crippen molar-refractivity contribution in [3.63, 3.8) is 0 Å². The predicted molar refractivity (Wildman–Crippen MR) is 109 cm³/mol. The highest BCUT2D eigenvalue weighted by molar-refractivity contribution is 6.00. The van der Waals surface area contributed by atoms with Gasteiger partial charge in [-0.2, -0.15) is 5.10 Å². The van der Waals surface area contributed by atoms with Gasteiger partial charge in [0.25, 0.3) is 0 Å². The lowest BCUT2D eigenvalue weighted by molar-refractivity contribution is -0.118. The molecule has 2 aromatic rings. The first-order valence-electron chi connectivity index (χ1n) is 10.2. The molecule has 4 rings (SSSR count). The molecule has 1 aromatic carbocycles. The molecular formula is C24H30N2O. The van der Waals surface area contributed by atoms with Gasteiger partial charge in [-0.15, -0.1) is 0 Å². The van der Waals surface area contributed by atoms with Crippen LogP contribution in [0.2, 0.25) is 0 Å². The van der Waals surface area contributed by atoms with Crippen LogP contribution in [0, 0.1) is 5.41 Å². The van der Waals surface area contributed by atoms with Crippen LogP contribution >= 0.6 is 0 Å². The number of hydrogen-bond acceptors (Lipinski definition) is 2. The van der Waals surface area contributed by atoms with Crippen LogP contribution in [0.3, 0.4) is 0 Å². The number of ketones is 1. The fourth-order valence-corrected chi connectivity index (χ4v) is 5.09. The summed E-state index contributed by atoms with van der Waals surface area (Å²) in [5.41, 5.74) is 8.62. The van der Waals surface area contributed by atoms with E-state index in [0.717, 1.165) is 30.5 Å². The van der Waals surface area contributed by atoms with Crippen LogP contribution in [0.1, 0.15) is 87.4 Å². The third-order valence-electron chi connectivity index (χ3n) is 6.19. The Hall–Kier alpha value is -2.16. The standard InChI is InChI=1S/C24H30N2O/c1-6-15-9-7-8-10-17(15)21-20-16(12-24(4,5)13-19(20)27)11-18-22(21)23(14(2)3)26-25-18/h7-10,14,21H,6,11-13H2,1-5H3,(H,25,26)/t21-/m0/s1. The number of aromatic nitrogens is 2. The Morgan fingerprint density at radius 3 is 2.67 bits per heavy atom. The minimum absolute atomic E-state index is 0.0275. The van der Waals surface area contributed by atoms with Crippen LogP contribution < -0.4 is 0 Å². The van der Waals surface area contributed by atoms with Gasteiger partial charge in [0.2, 0.25) is 0 Å². The third kappa shape index (κ3) is 2.97. The molecule has 142 valence electrons. The smallest absolute Gasteiger partial charge is 0.160 e. The highest BCUT2D eigenvalue weighted by atomic mass is 16.1. The predicted octanol–water partition coefficient (Wildman–Crippen LogP) is 5.47. The van der Waals surface area contributed by atoms with Crippen LogP contribution in [0.4, 0.5) is 0 Å². The van der Waals surface area contributed by atoms with E-state index in [0.29, 0.717) is 18.1 Å². The first kappa shape index (κ1) is 18.2. The zero-order valence-electron chi connectivity index (χ0n) is 17.1. The minimum Gasteiger partial charge on any atom is -0.294 e. The number of allylic oxidation sites excluding steroid dienone is 2. The molecule has 1 heterocycles. The number of hydrogen-bond donors (Lipinski definition) is 1. The average molecular weight is 363 g/mol. The zero-order chi connectivity index (χ0) is 19.3. The molecule has 0 saturated carbocycles. The molecule has 0 bridgehead atoms. The number of Topliss-reactive ketones (excluding diaryl/α,β-unsaturated/α-hetero) is 1. The van der Waals surface area contributed by atoms with E-state index in [1.165, 1.54) is 28.0 Å². The quantitative estimate of drug-likeness (QED) is 0.787.